The predicted molar refractivity (Wildman–Crippen MR) is 88.9 cm³/mol. The Hall–Kier alpha value is -2.45. The van der Waals surface area contributed by atoms with Crippen molar-refractivity contribution >= 4 is 32.8 Å². The number of aromatic nitrogens is 2. The number of anilines is 1. The first-order chi connectivity index (χ1) is 10.9. The maximum atomic E-state index is 12.4. The Morgan fingerprint density at radius 1 is 1.26 bits per heavy atom. The van der Waals surface area contributed by atoms with Gasteiger partial charge in [0.05, 0.1) is 10.6 Å². The molecular weight excluding hydrogens is 334 g/mol. The highest BCUT2D eigenvalue weighted by molar-refractivity contribution is 7.91. The number of hydrogen-bond acceptors (Lipinski definition) is 5. The smallest absolute Gasteiger partial charge is 0.267 e. The van der Waals surface area contributed by atoms with Gasteiger partial charge in [0.2, 0.25) is 0 Å². The first kappa shape index (κ1) is 15.4. The number of carbonyl (C=O) groups is 1. The summed E-state index contributed by atoms with van der Waals surface area (Å²) in [5.41, 5.74) is 1.36. The van der Waals surface area contributed by atoms with Gasteiger partial charge in [0.15, 0.2) is 9.84 Å². The standard InChI is InChI=1S/C15H13N3O3S2/c1-23(20,21)13-6-9-22-14(13)15(19)17-11-4-2-5-12(10-11)18-8-3-7-16-18/h2-10H,1H3,(H,17,19). The number of sulfone groups is 1. The van der Waals surface area contributed by atoms with Gasteiger partial charge in [-0.25, -0.2) is 13.1 Å². The third-order valence-electron chi connectivity index (χ3n) is 3.11. The highest BCUT2D eigenvalue weighted by atomic mass is 32.2. The minimum atomic E-state index is -3.44. The van der Waals surface area contributed by atoms with Crippen molar-refractivity contribution in [3.05, 3.63) is 59.0 Å². The molecule has 23 heavy (non-hydrogen) atoms. The van der Waals surface area contributed by atoms with Crippen molar-refractivity contribution in [1.82, 2.24) is 9.78 Å². The van der Waals surface area contributed by atoms with Gasteiger partial charge in [0.25, 0.3) is 5.91 Å². The van der Waals surface area contributed by atoms with Gasteiger partial charge in [-0.2, -0.15) is 5.10 Å². The molecule has 0 aliphatic heterocycles. The second-order valence-corrected chi connectivity index (χ2v) is 7.74. The number of carbonyl (C=O) groups excluding carboxylic acids is 1. The first-order valence-electron chi connectivity index (χ1n) is 6.64. The minimum Gasteiger partial charge on any atom is -0.321 e. The van der Waals surface area contributed by atoms with E-state index < -0.39 is 15.7 Å². The fraction of sp³-hybridized carbons (Fsp3) is 0.0667. The van der Waals surface area contributed by atoms with Gasteiger partial charge in [-0.1, -0.05) is 6.07 Å². The second-order valence-electron chi connectivity index (χ2n) is 4.84. The van der Waals surface area contributed by atoms with Crippen molar-refractivity contribution in [2.45, 2.75) is 4.90 Å². The molecule has 3 aromatic rings. The number of amides is 1. The number of rotatable bonds is 4. The van der Waals surface area contributed by atoms with Crippen molar-refractivity contribution in [2.24, 2.45) is 0 Å². The van der Waals surface area contributed by atoms with E-state index in [1.165, 1.54) is 6.07 Å². The molecule has 6 nitrogen and oxygen atoms in total. The zero-order valence-electron chi connectivity index (χ0n) is 12.1. The van der Waals surface area contributed by atoms with Crippen molar-refractivity contribution < 1.29 is 13.2 Å². The largest absolute Gasteiger partial charge is 0.321 e. The van der Waals surface area contributed by atoms with Gasteiger partial charge in [0.1, 0.15) is 4.88 Å². The van der Waals surface area contributed by atoms with Gasteiger partial charge >= 0.3 is 0 Å². The van der Waals surface area contributed by atoms with E-state index in [1.807, 2.05) is 6.07 Å². The molecule has 0 spiro atoms. The highest BCUT2D eigenvalue weighted by Crippen LogP contribution is 2.23. The molecule has 0 radical (unpaired) electrons. The molecule has 2 aromatic heterocycles. The lowest BCUT2D eigenvalue weighted by molar-refractivity contribution is 0.102. The average molecular weight is 347 g/mol. The molecule has 0 saturated heterocycles. The van der Waals surface area contributed by atoms with Crippen LogP contribution in [0.3, 0.4) is 0 Å². The molecule has 0 fully saturated rings. The number of nitrogens with zero attached hydrogens (tertiary/aromatic N) is 2. The molecule has 3 rings (SSSR count). The Labute approximate surface area is 137 Å². The number of thiophene rings is 1. The van der Waals surface area contributed by atoms with Crippen LogP contribution in [0.15, 0.2) is 59.1 Å². The Morgan fingerprint density at radius 2 is 2.09 bits per heavy atom. The van der Waals surface area contributed by atoms with Crippen LogP contribution >= 0.6 is 11.3 Å². The van der Waals surface area contributed by atoms with Crippen LogP contribution in [0.25, 0.3) is 5.69 Å². The van der Waals surface area contributed by atoms with Crippen LogP contribution in [-0.4, -0.2) is 30.4 Å². The monoisotopic (exact) mass is 347 g/mol. The van der Waals surface area contributed by atoms with Crippen LogP contribution in [0, 0.1) is 0 Å². The maximum Gasteiger partial charge on any atom is 0.267 e. The third kappa shape index (κ3) is 3.33. The van der Waals surface area contributed by atoms with Gasteiger partial charge < -0.3 is 5.32 Å². The quantitative estimate of drug-likeness (QED) is 0.786. The summed E-state index contributed by atoms with van der Waals surface area (Å²) in [6, 6.07) is 10.4. The lowest BCUT2D eigenvalue weighted by Gasteiger charge is -2.08. The summed E-state index contributed by atoms with van der Waals surface area (Å²) in [7, 11) is -3.44. The average Bonchev–Trinajstić information content (AvgIpc) is 3.18. The molecule has 118 valence electrons. The van der Waals surface area contributed by atoms with Crippen LogP contribution in [0.4, 0.5) is 5.69 Å². The SMILES string of the molecule is CS(=O)(=O)c1ccsc1C(=O)Nc1cccc(-n2cccn2)c1. The van der Waals surface area contributed by atoms with Gasteiger partial charge in [-0.15, -0.1) is 11.3 Å². The second kappa shape index (κ2) is 5.98. The normalized spacial score (nSPS) is 11.3. The van der Waals surface area contributed by atoms with E-state index in [0.29, 0.717) is 5.69 Å². The molecule has 8 heteroatoms. The Balaban J connectivity index is 1.87. The highest BCUT2D eigenvalue weighted by Gasteiger charge is 2.20. The molecule has 2 heterocycles. The topological polar surface area (TPSA) is 81.1 Å². The first-order valence-corrected chi connectivity index (χ1v) is 9.41. The number of benzene rings is 1. The van der Waals surface area contributed by atoms with Crippen LogP contribution in [0.1, 0.15) is 9.67 Å². The van der Waals surface area contributed by atoms with Crippen LogP contribution in [-0.2, 0) is 9.84 Å². The summed E-state index contributed by atoms with van der Waals surface area (Å²) in [5, 5.41) is 8.44. The summed E-state index contributed by atoms with van der Waals surface area (Å²) in [6.45, 7) is 0. The van der Waals surface area contributed by atoms with Crippen LogP contribution in [0.2, 0.25) is 0 Å². The molecule has 0 saturated carbocycles. The zero-order valence-corrected chi connectivity index (χ0v) is 13.8. The molecule has 0 aliphatic rings. The molecule has 0 unspecified atom stereocenters. The fourth-order valence-corrected chi connectivity index (χ4v) is 4.20. The van der Waals surface area contributed by atoms with Gasteiger partial charge in [-0.3, -0.25) is 4.79 Å². The predicted octanol–water partition coefficient (Wildman–Crippen LogP) is 2.59. The van der Waals surface area contributed by atoms with E-state index in [-0.39, 0.29) is 9.77 Å². The van der Waals surface area contributed by atoms with E-state index in [0.717, 1.165) is 23.3 Å². The lowest BCUT2D eigenvalue weighted by atomic mass is 10.2. The minimum absolute atomic E-state index is 0.0447. The van der Waals surface area contributed by atoms with Crippen molar-refractivity contribution in [2.75, 3.05) is 11.6 Å². The summed E-state index contributed by atoms with van der Waals surface area (Å²) < 4.78 is 25.1. The third-order valence-corrected chi connectivity index (χ3v) is 5.29. The fourth-order valence-electron chi connectivity index (χ4n) is 2.09. The number of nitrogens with one attached hydrogen (secondary N) is 1. The molecular formula is C15H13N3O3S2. The Kier molecular flexibility index (Phi) is 4.01. The van der Waals surface area contributed by atoms with Crippen molar-refractivity contribution in [1.29, 1.82) is 0 Å². The summed E-state index contributed by atoms with van der Waals surface area (Å²) in [4.78, 5) is 12.6. The molecule has 0 aliphatic carbocycles. The zero-order chi connectivity index (χ0) is 16.4. The van der Waals surface area contributed by atoms with Crippen LogP contribution < -0.4 is 5.32 Å². The lowest BCUT2D eigenvalue weighted by Crippen LogP contribution is -2.14. The molecule has 1 aromatic carbocycles. The van der Waals surface area contributed by atoms with E-state index in [9.17, 15) is 13.2 Å². The van der Waals surface area contributed by atoms with Crippen molar-refractivity contribution in [3.8, 4) is 5.69 Å². The summed E-state index contributed by atoms with van der Waals surface area (Å²) >= 11 is 1.10. The maximum absolute atomic E-state index is 12.4. The van der Waals surface area contributed by atoms with Gasteiger partial charge in [0, 0.05) is 24.3 Å². The Morgan fingerprint density at radius 3 is 2.78 bits per heavy atom. The van der Waals surface area contributed by atoms with E-state index in [1.54, 1.807) is 46.7 Å². The molecule has 1 amide bonds. The summed E-state index contributed by atoms with van der Waals surface area (Å²) in [6.07, 6.45) is 4.54. The molecule has 1 N–H and O–H groups in total. The molecule has 0 bridgehead atoms. The van der Waals surface area contributed by atoms with E-state index in [2.05, 4.69) is 10.4 Å². The van der Waals surface area contributed by atoms with E-state index >= 15 is 0 Å². The van der Waals surface area contributed by atoms with Gasteiger partial charge in [-0.05, 0) is 35.7 Å². The summed E-state index contributed by atoms with van der Waals surface area (Å²) in [5.74, 6) is -0.446. The van der Waals surface area contributed by atoms with Crippen LogP contribution in [0.5, 0.6) is 0 Å². The van der Waals surface area contributed by atoms with Crippen molar-refractivity contribution in [3.63, 3.8) is 0 Å². The van der Waals surface area contributed by atoms with E-state index in [4.69, 9.17) is 0 Å². The number of hydrogen-bond donors (Lipinski definition) is 1. The Bertz CT molecular complexity index is 944. The molecule has 0 atom stereocenters.